The highest BCUT2D eigenvalue weighted by Crippen LogP contribution is 2.15. The van der Waals surface area contributed by atoms with Crippen molar-refractivity contribution >= 4 is 6.03 Å². The topological polar surface area (TPSA) is 58.8 Å². The van der Waals surface area contributed by atoms with Gasteiger partial charge in [-0.15, -0.1) is 0 Å². The van der Waals surface area contributed by atoms with Crippen LogP contribution in [0.3, 0.4) is 0 Å². The maximum atomic E-state index is 11.1. The molecule has 0 aliphatic carbocycles. The molecule has 2 N–H and O–H groups in total. The molecule has 0 radical (unpaired) electrons. The van der Waals surface area contributed by atoms with E-state index in [1.807, 2.05) is 0 Å². The molecule has 2 rings (SSSR count). The van der Waals surface area contributed by atoms with Gasteiger partial charge in [0.25, 0.3) is 0 Å². The number of carbonyl (C=O) groups is 1. The molecule has 0 spiro atoms. The van der Waals surface area contributed by atoms with E-state index in [1.165, 1.54) is 18.4 Å². The van der Waals surface area contributed by atoms with Crippen LogP contribution in [0.25, 0.3) is 0 Å². The van der Waals surface area contributed by atoms with Crippen LogP contribution in [0.5, 0.6) is 5.75 Å². The fourth-order valence-electron chi connectivity index (χ4n) is 3.05. The Kier molecular flexibility index (Phi) is 7.37. The van der Waals surface area contributed by atoms with Gasteiger partial charge in [-0.2, -0.15) is 0 Å². The van der Waals surface area contributed by atoms with Crippen LogP contribution >= 0.6 is 0 Å². The van der Waals surface area contributed by atoms with E-state index in [0.29, 0.717) is 5.92 Å². The van der Waals surface area contributed by atoms with Gasteiger partial charge in [0.05, 0.1) is 6.61 Å². The van der Waals surface area contributed by atoms with Crippen molar-refractivity contribution in [3.8, 4) is 5.75 Å². The minimum absolute atomic E-state index is 0.307. The number of ether oxygens (including phenoxy) is 1. The first-order valence-corrected chi connectivity index (χ1v) is 9.07. The Bertz CT molecular complexity index is 496. The lowest BCUT2D eigenvalue weighted by molar-refractivity contribution is 0.146. The molecular formula is C19H31N3O2. The Morgan fingerprint density at radius 3 is 2.46 bits per heavy atom. The zero-order valence-electron chi connectivity index (χ0n) is 15.0. The van der Waals surface area contributed by atoms with Crippen molar-refractivity contribution < 1.29 is 9.53 Å². The van der Waals surface area contributed by atoms with Gasteiger partial charge in [0.15, 0.2) is 0 Å². The molecule has 1 atom stereocenters. The quantitative estimate of drug-likeness (QED) is 0.796. The number of benzene rings is 1. The number of nitrogens with two attached hydrogens (primary N) is 1. The molecule has 5 nitrogen and oxygen atoms in total. The second-order valence-corrected chi connectivity index (χ2v) is 6.77. The van der Waals surface area contributed by atoms with Gasteiger partial charge in [0, 0.05) is 32.7 Å². The van der Waals surface area contributed by atoms with Crippen molar-refractivity contribution in [2.24, 2.45) is 11.7 Å². The number of nitrogens with zero attached hydrogens (tertiary/aromatic N) is 2. The number of hydrogen-bond acceptors (Lipinski definition) is 3. The maximum Gasteiger partial charge on any atom is 0.314 e. The molecule has 0 aromatic heterocycles. The summed E-state index contributed by atoms with van der Waals surface area (Å²) in [7, 11) is 0. The van der Waals surface area contributed by atoms with Gasteiger partial charge in [-0.25, -0.2) is 4.79 Å². The highest BCUT2D eigenvalue weighted by atomic mass is 16.5. The van der Waals surface area contributed by atoms with Gasteiger partial charge < -0.3 is 15.4 Å². The van der Waals surface area contributed by atoms with Crippen LogP contribution in [0.15, 0.2) is 24.3 Å². The second kappa shape index (κ2) is 9.52. The summed E-state index contributed by atoms with van der Waals surface area (Å²) in [5, 5.41) is 0. The lowest BCUT2D eigenvalue weighted by atomic mass is 10.1. The highest BCUT2D eigenvalue weighted by Gasteiger charge is 2.18. The first kappa shape index (κ1) is 18.6. The van der Waals surface area contributed by atoms with Crippen LogP contribution in [0.2, 0.25) is 0 Å². The van der Waals surface area contributed by atoms with Crippen LogP contribution in [-0.2, 0) is 6.42 Å². The van der Waals surface area contributed by atoms with Gasteiger partial charge in [-0.1, -0.05) is 32.4 Å². The Morgan fingerprint density at radius 2 is 1.88 bits per heavy atom. The lowest BCUT2D eigenvalue weighted by Gasteiger charge is -2.33. The minimum atomic E-state index is -0.307. The number of urea groups is 1. The molecule has 0 saturated carbocycles. The predicted octanol–water partition coefficient (Wildman–Crippen LogP) is 2.74. The van der Waals surface area contributed by atoms with E-state index >= 15 is 0 Å². The third-order valence-corrected chi connectivity index (χ3v) is 4.64. The fraction of sp³-hybridized carbons (Fsp3) is 0.632. The SMILES string of the molecule is CCC[C@@H](C)COc1ccc(CCN2CCN(C(N)=O)CC2)cc1. The zero-order valence-corrected chi connectivity index (χ0v) is 15.0. The summed E-state index contributed by atoms with van der Waals surface area (Å²) in [6.45, 7) is 9.52. The average molecular weight is 333 g/mol. The van der Waals surface area contributed by atoms with E-state index in [1.54, 1.807) is 4.90 Å². The smallest absolute Gasteiger partial charge is 0.314 e. The number of piperazine rings is 1. The van der Waals surface area contributed by atoms with Crippen molar-refractivity contribution in [2.45, 2.75) is 33.1 Å². The van der Waals surface area contributed by atoms with E-state index in [-0.39, 0.29) is 6.03 Å². The van der Waals surface area contributed by atoms with Crippen LogP contribution < -0.4 is 10.5 Å². The normalized spacial score (nSPS) is 16.8. The number of carbonyl (C=O) groups excluding carboxylic acids is 1. The summed E-state index contributed by atoms with van der Waals surface area (Å²) in [5.74, 6) is 1.56. The monoisotopic (exact) mass is 333 g/mol. The predicted molar refractivity (Wildman–Crippen MR) is 97.3 cm³/mol. The standard InChI is InChI=1S/C19H31N3O2/c1-3-4-16(2)15-24-18-7-5-17(6-8-18)9-10-21-11-13-22(14-12-21)19(20)23/h5-8,16H,3-4,9-15H2,1-2H3,(H2,20,23)/t16-/m1/s1. The minimum Gasteiger partial charge on any atom is -0.493 e. The Hall–Kier alpha value is -1.75. The maximum absolute atomic E-state index is 11.1. The number of primary amides is 1. The summed E-state index contributed by atoms with van der Waals surface area (Å²) < 4.78 is 5.84. The number of rotatable bonds is 8. The number of amides is 2. The molecule has 1 saturated heterocycles. The molecule has 1 heterocycles. The van der Waals surface area contributed by atoms with Crippen LogP contribution in [0.4, 0.5) is 4.79 Å². The third-order valence-electron chi connectivity index (χ3n) is 4.64. The van der Waals surface area contributed by atoms with Gasteiger partial charge >= 0.3 is 6.03 Å². The summed E-state index contributed by atoms with van der Waals surface area (Å²) in [4.78, 5) is 15.2. The average Bonchev–Trinajstić information content (AvgIpc) is 2.59. The Labute approximate surface area is 145 Å². The van der Waals surface area contributed by atoms with Crippen LogP contribution in [-0.4, -0.2) is 55.2 Å². The first-order chi connectivity index (χ1) is 11.6. The largest absolute Gasteiger partial charge is 0.493 e. The van der Waals surface area contributed by atoms with Gasteiger partial charge in [0.2, 0.25) is 0 Å². The van der Waals surface area contributed by atoms with Crippen molar-refractivity contribution in [1.82, 2.24) is 9.80 Å². The fourth-order valence-corrected chi connectivity index (χ4v) is 3.05. The van der Waals surface area contributed by atoms with Crippen LogP contribution in [0.1, 0.15) is 32.3 Å². The van der Waals surface area contributed by atoms with Gasteiger partial charge in [-0.05, 0) is 36.5 Å². The third kappa shape index (κ3) is 6.04. The molecule has 1 aromatic carbocycles. The second-order valence-electron chi connectivity index (χ2n) is 6.77. The lowest BCUT2D eigenvalue weighted by Crippen LogP contribution is -2.50. The van der Waals surface area contributed by atoms with E-state index < -0.39 is 0 Å². The Balaban J connectivity index is 1.69. The molecule has 1 fully saturated rings. The van der Waals surface area contributed by atoms with Crippen molar-refractivity contribution in [2.75, 3.05) is 39.3 Å². The van der Waals surface area contributed by atoms with E-state index in [2.05, 4.69) is 43.0 Å². The zero-order chi connectivity index (χ0) is 17.4. The summed E-state index contributed by atoms with van der Waals surface area (Å²) in [6, 6.07) is 8.13. The molecule has 0 unspecified atom stereocenters. The highest BCUT2D eigenvalue weighted by molar-refractivity contribution is 5.72. The first-order valence-electron chi connectivity index (χ1n) is 9.07. The van der Waals surface area contributed by atoms with Gasteiger partial charge in [0.1, 0.15) is 5.75 Å². The van der Waals surface area contributed by atoms with Gasteiger partial charge in [-0.3, -0.25) is 4.90 Å². The summed E-state index contributed by atoms with van der Waals surface area (Å²) in [6.07, 6.45) is 3.43. The van der Waals surface area contributed by atoms with Crippen molar-refractivity contribution in [3.05, 3.63) is 29.8 Å². The molecule has 24 heavy (non-hydrogen) atoms. The molecular weight excluding hydrogens is 302 g/mol. The van der Waals surface area contributed by atoms with Crippen molar-refractivity contribution in [1.29, 1.82) is 0 Å². The van der Waals surface area contributed by atoms with Crippen LogP contribution in [0, 0.1) is 5.92 Å². The Morgan fingerprint density at radius 1 is 1.21 bits per heavy atom. The number of hydrogen-bond donors (Lipinski definition) is 1. The van der Waals surface area contributed by atoms with E-state index in [0.717, 1.165) is 51.5 Å². The summed E-state index contributed by atoms with van der Waals surface area (Å²) >= 11 is 0. The molecule has 5 heteroatoms. The molecule has 134 valence electrons. The van der Waals surface area contributed by atoms with E-state index in [9.17, 15) is 4.79 Å². The molecule has 1 aliphatic rings. The summed E-state index contributed by atoms with van der Waals surface area (Å²) in [5.41, 5.74) is 6.63. The van der Waals surface area contributed by atoms with E-state index in [4.69, 9.17) is 10.5 Å². The molecule has 0 bridgehead atoms. The van der Waals surface area contributed by atoms with Crippen molar-refractivity contribution in [3.63, 3.8) is 0 Å². The molecule has 2 amide bonds. The molecule has 1 aromatic rings. The molecule has 1 aliphatic heterocycles.